The zero-order valence-electron chi connectivity index (χ0n) is 9.95. The van der Waals surface area contributed by atoms with E-state index in [2.05, 4.69) is 4.98 Å². The number of amides is 2. The van der Waals surface area contributed by atoms with Crippen LogP contribution in [0.2, 0.25) is 0 Å². The molecule has 0 radical (unpaired) electrons. The van der Waals surface area contributed by atoms with Crippen molar-refractivity contribution in [2.24, 2.45) is 0 Å². The Kier molecular flexibility index (Phi) is 4.02. The summed E-state index contributed by atoms with van der Waals surface area (Å²) in [6.45, 7) is 0.478. The standard InChI is InChI=1S/C14H14N2O2/c17-13-4-2-1-3-11-16(13)14(18)6-5-12-7-9-15-10-8-12/h2,4-10H,1,3,11H2/b6-5+. The molecule has 0 unspecified atom stereocenters. The van der Waals surface area contributed by atoms with Crippen LogP contribution in [0.1, 0.15) is 18.4 Å². The fraction of sp³-hybridized carbons (Fsp3) is 0.214. The van der Waals surface area contributed by atoms with Gasteiger partial charge in [0.05, 0.1) is 0 Å². The molecule has 4 heteroatoms. The molecule has 1 aromatic rings. The number of rotatable bonds is 2. The number of carbonyl (C=O) groups is 2. The van der Waals surface area contributed by atoms with E-state index >= 15 is 0 Å². The summed E-state index contributed by atoms with van der Waals surface area (Å²) in [5.74, 6) is -0.514. The Labute approximate surface area is 106 Å². The molecule has 2 amide bonds. The van der Waals surface area contributed by atoms with Crippen molar-refractivity contribution in [1.29, 1.82) is 0 Å². The van der Waals surface area contributed by atoms with Gasteiger partial charge in [0.2, 0.25) is 0 Å². The first-order valence-corrected chi connectivity index (χ1v) is 5.87. The highest BCUT2D eigenvalue weighted by atomic mass is 16.2. The highest BCUT2D eigenvalue weighted by molar-refractivity contribution is 6.06. The van der Waals surface area contributed by atoms with E-state index in [4.69, 9.17) is 0 Å². The summed E-state index contributed by atoms with van der Waals surface area (Å²) in [6.07, 6.45) is 11.3. The number of imide groups is 1. The lowest BCUT2D eigenvalue weighted by Crippen LogP contribution is -2.34. The molecule has 0 aromatic carbocycles. The van der Waals surface area contributed by atoms with E-state index in [0.717, 1.165) is 18.4 Å². The van der Waals surface area contributed by atoms with E-state index in [0.29, 0.717) is 6.54 Å². The van der Waals surface area contributed by atoms with Crippen molar-refractivity contribution >= 4 is 17.9 Å². The number of carbonyl (C=O) groups excluding carboxylic acids is 2. The SMILES string of the molecule is O=C1C=CCCCN1C(=O)/C=C/c1ccncc1. The molecule has 0 spiro atoms. The van der Waals surface area contributed by atoms with Crippen LogP contribution in [0.5, 0.6) is 0 Å². The van der Waals surface area contributed by atoms with Crippen molar-refractivity contribution in [3.8, 4) is 0 Å². The molecule has 4 nitrogen and oxygen atoms in total. The van der Waals surface area contributed by atoms with E-state index in [1.165, 1.54) is 17.1 Å². The molecule has 2 rings (SSSR count). The Bertz CT molecular complexity index is 492. The van der Waals surface area contributed by atoms with Gasteiger partial charge in [0.15, 0.2) is 0 Å². The van der Waals surface area contributed by atoms with Gasteiger partial charge in [-0.3, -0.25) is 19.5 Å². The summed E-state index contributed by atoms with van der Waals surface area (Å²) < 4.78 is 0. The van der Waals surface area contributed by atoms with Gasteiger partial charge in [0.1, 0.15) is 0 Å². The van der Waals surface area contributed by atoms with Gasteiger partial charge in [-0.05, 0) is 42.7 Å². The van der Waals surface area contributed by atoms with E-state index < -0.39 is 0 Å². The predicted molar refractivity (Wildman–Crippen MR) is 68.4 cm³/mol. The zero-order chi connectivity index (χ0) is 12.8. The smallest absolute Gasteiger partial charge is 0.253 e. The molecule has 0 fully saturated rings. The Morgan fingerprint density at radius 2 is 2.11 bits per heavy atom. The second-order valence-corrected chi connectivity index (χ2v) is 3.99. The Morgan fingerprint density at radius 3 is 2.89 bits per heavy atom. The maximum absolute atomic E-state index is 11.9. The van der Waals surface area contributed by atoms with E-state index in [9.17, 15) is 9.59 Å². The van der Waals surface area contributed by atoms with Crippen molar-refractivity contribution in [3.63, 3.8) is 0 Å². The monoisotopic (exact) mass is 242 g/mol. The molecular weight excluding hydrogens is 228 g/mol. The maximum Gasteiger partial charge on any atom is 0.253 e. The number of pyridine rings is 1. The number of hydrogen-bond donors (Lipinski definition) is 0. The lowest BCUT2D eigenvalue weighted by molar-refractivity contribution is -0.138. The Hall–Kier alpha value is -2.23. The molecule has 2 heterocycles. The van der Waals surface area contributed by atoms with Crippen LogP contribution in [0.3, 0.4) is 0 Å². The molecular formula is C14H14N2O2. The van der Waals surface area contributed by atoms with Gasteiger partial charge in [0.25, 0.3) is 11.8 Å². The van der Waals surface area contributed by atoms with Gasteiger partial charge < -0.3 is 0 Å². The van der Waals surface area contributed by atoms with Crippen LogP contribution < -0.4 is 0 Å². The van der Waals surface area contributed by atoms with Gasteiger partial charge in [-0.2, -0.15) is 0 Å². The first-order valence-electron chi connectivity index (χ1n) is 5.87. The summed E-state index contributed by atoms with van der Waals surface area (Å²) in [5.41, 5.74) is 0.885. The van der Waals surface area contributed by atoms with E-state index in [1.54, 1.807) is 30.6 Å². The van der Waals surface area contributed by atoms with Crippen LogP contribution in [0.15, 0.2) is 42.8 Å². The summed E-state index contributed by atoms with van der Waals surface area (Å²) in [7, 11) is 0. The number of nitrogens with zero attached hydrogens (tertiary/aromatic N) is 2. The molecule has 92 valence electrons. The molecule has 0 saturated carbocycles. The Balaban J connectivity index is 2.05. The van der Waals surface area contributed by atoms with Gasteiger partial charge in [-0.1, -0.05) is 6.08 Å². The summed E-state index contributed by atoms with van der Waals surface area (Å²) in [6, 6.07) is 3.60. The molecule has 18 heavy (non-hydrogen) atoms. The average molecular weight is 242 g/mol. The van der Waals surface area contributed by atoms with Crippen LogP contribution in [0.25, 0.3) is 6.08 Å². The quantitative estimate of drug-likeness (QED) is 0.743. The highest BCUT2D eigenvalue weighted by Gasteiger charge is 2.17. The van der Waals surface area contributed by atoms with Gasteiger partial charge in [-0.25, -0.2) is 0 Å². The van der Waals surface area contributed by atoms with Crippen molar-refractivity contribution in [1.82, 2.24) is 9.88 Å². The molecule has 0 atom stereocenters. The largest absolute Gasteiger partial charge is 0.275 e. The van der Waals surface area contributed by atoms with Crippen molar-refractivity contribution in [2.75, 3.05) is 6.54 Å². The first kappa shape index (κ1) is 12.2. The molecule has 1 aliphatic rings. The number of allylic oxidation sites excluding steroid dienone is 1. The van der Waals surface area contributed by atoms with Crippen molar-refractivity contribution in [2.45, 2.75) is 12.8 Å². The Morgan fingerprint density at radius 1 is 1.33 bits per heavy atom. The van der Waals surface area contributed by atoms with Gasteiger partial charge in [-0.15, -0.1) is 0 Å². The topological polar surface area (TPSA) is 50.3 Å². The third kappa shape index (κ3) is 3.13. The van der Waals surface area contributed by atoms with E-state index in [1.807, 2.05) is 6.08 Å². The lowest BCUT2D eigenvalue weighted by atomic mass is 10.2. The second-order valence-electron chi connectivity index (χ2n) is 3.99. The summed E-state index contributed by atoms with van der Waals surface area (Å²) in [5, 5.41) is 0. The normalized spacial score (nSPS) is 16.0. The van der Waals surface area contributed by atoms with Crippen LogP contribution >= 0.6 is 0 Å². The molecule has 1 aliphatic heterocycles. The zero-order valence-corrected chi connectivity index (χ0v) is 9.95. The molecule has 0 N–H and O–H groups in total. The average Bonchev–Trinajstić information content (AvgIpc) is 2.62. The van der Waals surface area contributed by atoms with Crippen LogP contribution in [0, 0.1) is 0 Å². The summed E-state index contributed by atoms with van der Waals surface area (Å²) >= 11 is 0. The molecule has 0 aliphatic carbocycles. The molecule has 0 saturated heterocycles. The van der Waals surface area contributed by atoms with Crippen LogP contribution in [-0.2, 0) is 9.59 Å². The lowest BCUT2D eigenvalue weighted by Gasteiger charge is -2.15. The first-order chi connectivity index (χ1) is 8.77. The highest BCUT2D eigenvalue weighted by Crippen LogP contribution is 2.07. The minimum Gasteiger partial charge on any atom is -0.275 e. The van der Waals surface area contributed by atoms with Crippen LogP contribution in [0.4, 0.5) is 0 Å². The second kappa shape index (κ2) is 5.91. The maximum atomic E-state index is 11.9. The minimum absolute atomic E-state index is 0.239. The number of aromatic nitrogens is 1. The van der Waals surface area contributed by atoms with Gasteiger partial charge in [0, 0.05) is 25.0 Å². The third-order valence-electron chi connectivity index (χ3n) is 2.67. The van der Waals surface area contributed by atoms with E-state index in [-0.39, 0.29) is 11.8 Å². The predicted octanol–water partition coefficient (Wildman–Crippen LogP) is 1.80. The van der Waals surface area contributed by atoms with Crippen molar-refractivity contribution < 1.29 is 9.59 Å². The summed E-state index contributed by atoms with van der Waals surface area (Å²) in [4.78, 5) is 28.7. The minimum atomic E-state index is -0.275. The fourth-order valence-electron chi connectivity index (χ4n) is 1.70. The van der Waals surface area contributed by atoms with Crippen LogP contribution in [-0.4, -0.2) is 28.2 Å². The van der Waals surface area contributed by atoms with Crippen molar-refractivity contribution in [3.05, 3.63) is 48.3 Å². The van der Waals surface area contributed by atoms with Gasteiger partial charge >= 0.3 is 0 Å². The molecule has 1 aromatic heterocycles. The fourth-order valence-corrected chi connectivity index (χ4v) is 1.70. The third-order valence-corrected chi connectivity index (χ3v) is 2.67. The molecule has 0 bridgehead atoms. The number of hydrogen-bond acceptors (Lipinski definition) is 3.